The number of aryl methyl sites for hydroxylation is 1. The fourth-order valence-corrected chi connectivity index (χ4v) is 4.32. The molecule has 4 heteroatoms. The summed E-state index contributed by atoms with van der Waals surface area (Å²) in [6.07, 6.45) is 5.00. The molecule has 1 saturated heterocycles. The molecule has 28 heavy (non-hydrogen) atoms. The van der Waals surface area contributed by atoms with Crippen LogP contribution in [-0.2, 0) is 6.42 Å². The lowest BCUT2D eigenvalue weighted by Gasteiger charge is -2.42. The van der Waals surface area contributed by atoms with Crippen LogP contribution in [-0.4, -0.2) is 53.8 Å². The fourth-order valence-electron chi connectivity index (χ4n) is 4.32. The molecule has 0 radical (unpaired) electrons. The number of anilines is 1. The van der Waals surface area contributed by atoms with Gasteiger partial charge in [-0.3, -0.25) is 9.88 Å². The van der Waals surface area contributed by atoms with Crippen LogP contribution in [0.25, 0.3) is 10.9 Å². The number of aliphatic hydroxyl groups is 1. The number of aromatic nitrogens is 1. The van der Waals surface area contributed by atoms with Crippen molar-refractivity contribution in [3.05, 3.63) is 72.4 Å². The number of aliphatic hydroxyl groups excluding tert-OH is 1. The predicted molar refractivity (Wildman–Crippen MR) is 116 cm³/mol. The summed E-state index contributed by atoms with van der Waals surface area (Å²) < 4.78 is 0. The summed E-state index contributed by atoms with van der Waals surface area (Å²) in [6, 6.07) is 21.6. The van der Waals surface area contributed by atoms with E-state index >= 15 is 0 Å². The lowest BCUT2D eigenvalue weighted by atomic mass is 10.0. The van der Waals surface area contributed by atoms with Crippen LogP contribution in [0.5, 0.6) is 0 Å². The molecule has 1 aliphatic rings. The monoisotopic (exact) mass is 375 g/mol. The van der Waals surface area contributed by atoms with Gasteiger partial charge in [0.05, 0.1) is 5.52 Å². The highest BCUT2D eigenvalue weighted by atomic mass is 16.3. The van der Waals surface area contributed by atoms with E-state index in [1.807, 2.05) is 12.3 Å². The number of rotatable bonds is 7. The molecule has 146 valence electrons. The van der Waals surface area contributed by atoms with Crippen molar-refractivity contribution in [1.29, 1.82) is 0 Å². The summed E-state index contributed by atoms with van der Waals surface area (Å²) in [5.41, 5.74) is 3.71. The molecule has 0 spiro atoms. The molecule has 3 aromatic rings. The average molecular weight is 376 g/mol. The Bertz CT molecular complexity index is 878. The Morgan fingerprint density at radius 3 is 2.64 bits per heavy atom. The van der Waals surface area contributed by atoms with Crippen LogP contribution >= 0.6 is 0 Å². The van der Waals surface area contributed by atoms with Gasteiger partial charge in [-0.2, -0.15) is 0 Å². The molecule has 1 aliphatic heterocycles. The number of fused-ring (bicyclic) bond motifs is 1. The lowest BCUT2D eigenvalue weighted by Crippen LogP contribution is -2.53. The zero-order valence-corrected chi connectivity index (χ0v) is 16.4. The summed E-state index contributed by atoms with van der Waals surface area (Å²) in [7, 11) is 0. The predicted octanol–water partition coefficient (Wildman–Crippen LogP) is 3.74. The van der Waals surface area contributed by atoms with E-state index in [-0.39, 0.29) is 6.61 Å². The van der Waals surface area contributed by atoms with Crippen LogP contribution in [0, 0.1) is 0 Å². The van der Waals surface area contributed by atoms with Crippen molar-refractivity contribution in [2.45, 2.75) is 25.3 Å². The summed E-state index contributed by atoms with van der Waals surface area (Å²) in [6.45, 7) is 4.34. The summed E-state index contributed by atoms with van der Waals surface area (Å²) in [5, 5.41) is 10.8. The number of para-hydroxylation sites is 1. The first-order valence-corrected chi connectivity index (χ1v) is 10.3. The molecule has 0 amide bonds. The average Bonchev–Trinajstić information content (AvgIpc) is 2.75. The van der Waals surface area contributed by atoms with Gasteiger partial charge in [0.2, 0.25) is 0 Å². The highest BCUT2D eigenvalue weighted by Crippen LogP contribution is 2.28. The van der Waals surface area contributed by atoms with Gasteiger partial charge in [-0.05, 0) is 43.5 Å². The minimum Gasteiger partial charge on any atom is -0.396 e. The molecular formula is C24H29N3O. The van der Waals surface area contributed by atoms with Crippen molar-refractivity contribution >= 4 is 16.6 Å². The zero-order chi connectivity index (χ0) is 19.2. The van der Waals surface area contributed by atoms with E-state index in [2.05, 4.69) is 69.4 Å². The third-order valence-electron chi connectivity index (χ3n) is 5.79. The van der Waals surface area contributed by atoms with Gasteiger partial charge in [0, 0.05) is 49.6 Å². The summed E-state index contributed by atoms with van der Waals surface area (Å²) >= 11 is 0. The van der Waals surface area contributed by atoms with E-state index in [1.165, 1.54) is 16.6 Å². The molecule has 0 saturated carbocycles. The van der Waals surface area contributed by atoms with Crippen LogP contribution in [0.3, 0.4) is 0 Å². The van der Waals surface area contributed by atoms with Crippen molar-refractivity contribution in [1.82, 2.24) is 9.88 Å². The number of pyridine rings is 1. The van der Waals surface area contributed by atoms with E-state index in [4.69, 9.17) is 0 Å². The summed E-state index contributed by atoms with van der Waals surface area (Å²) in [5.74, 6) is 0. The van der Waals surface area contributed by atoms with E-state index in [1.54, 1.807) is 0 Å². The van der Waals surface area contributed by atoms with E-state index in [9.17, 15) is 5.11 Å². The number of piperazine rings is 1. The molecule has 1 fully saturated rings. The van der Waals surface area contributed by atoms with E-state index in [0.717, 1.165) is 51.0 Å². The molecule has 1 atom stereocenters. The molecular weight excluding hydrogens is 346 g/mol. The van der Waals surface area contributed by atoms with Gasteiger partial charge in [0.15, 0.2) is 0 Å². The second-order valence-electron chi connectivity index (χ2n) is 7.58. The standard InChI is InChI=1S/C24H29N3O/c28-18-13-21-19-27(24-12-14-25-23-11-5-4-10-22(23)24)17-16-26(21)15-6-9-20-7-2-1-3-8-20/h1-5,7-8,10-12,14,21,28H,6,9,13,15-19H2. The number of hydrogen-bond donors (Lipinski definition) is 1. The Balaban J connectivity index is 1.42. The molecule has 1 N–H and O–H groups in total. The Morgan fingerprint density at radius 2 is 1.79 bits per heavy atom. The van der Waals surface area contributed by atoms with Crippen molar-refractivity contribution in [2.75, 3.05) is 37.7 Å². The van der Waals surface area contributed by atoms with Crippen molar-refractivity contribution in [3.8, 4) is 0 Å². The largest absolute Gasteiger partial charge is 0.396 e. The minimum atomic E-state index is 0.241. The molecule has 0 aliphatic carbocycles. The van der Waals surface area contributed by atoms with Gasteiger partial charge in [-0.1, -0.05) is 48.5 Å². The molecule has 2 aromatic carbocycles. The van der Waals surface area contributed by atoms with Crippen molar-refractivity contribution in [3.63, 3.8) is 0 Å². The van der Waals surface area contributed by atoms with Gasteiger partial charge >= 0.3 is 0 Å². The van der Waals surface area contributed by atoms with Gasteiger partial charge in [0.1, 0.15) is 0 Å². The van der Waals surface area contributed by atoms with Gasteiger partial charge in [-0.25, -0.2) is 0 Å². The molecule has 1 aromatic heterocycles. The van der Waals surface area contributed by atoms with Gasteiger partial charge in [-0.15, -0.1) is 0 Å². The normalized spacial score (nSPS) is 17.9. The second-order valence-corrected chi connectivity index (χ2v) is 7.58. The van der Waals surface area contributed by atoms with Crippen LogP contribution in [0.15, 0.2) is 66.9 Å². The maximum Gasteiger partial charge on any atom is 0.0722 e. The number of nitrogens with zero attached hydrogens (tertiary/aromatic N) is 3. The SMILES string of the molecule is OCCC1CN(c2ccnc3ccccc23)CCN1CCCc1ccccc1. The lowest BCUT2D eigenvalue weighted by molar-refractivity contribution is 0.141. The molecule has 4 rings (SSSR count). The Hall–Kier alpha value is -2.43. The Kier molecular flexibility index (Phi) is 6.20. The molecule has 2 heterocycles. The Labute approximate surface area is 167 Å². The first-order valence-electron chi connectivity index (χ1n) is 10.3. The second kappa shape index (κ2) is 9.18. The van der Waals surface area contributed by atoms with Crippen LogP contribution in [0.2, 0.25) is 0 Å². The van der Waals surface area contributed by atoms with Crippen LogP contribution in [0.4, 0.5) is 5.69 Å². The number of hydrogen-bond acceptors (Lipinski definition) is 4. The highest BCUT2D eigenvalue weighted by molar-refractivity contribution is 5.91. The van der Waals surface area contributed by atoms with Crippen molar-refractivity contribution in [2.24, 2.45) is 0 Å². The van der Waals surface area contributed by atoms with Crippen molar-refractivity contribution < 1.29 is 5.11 Å². The first kappa shape index (κ1) is 18.9. The van der Waals surface area contributed by atoms with Gasteiger partial charge < -0.3 is 10.0 Å². The molecule has 4 nitrogen and oxygen atoms in total. The number of benzene rings is 2. The smallest absolute Gasteiger partial charge is 0.0722 e. The highest BCUT2D eigenvalue weighted by Gasteiger charge is 2.27. The van der Waals surface area contributed by atoms with E-state index < -0.39 is 0 Å². The van der Waals surface area contributed by atoms with E-state index in [0.29, 0.717) is 6.04 Å². The fraction of sp³-hybridized carbons (Fsp3) is 0.375. The third kappa shape index (κ3) is 4.34. The van der Waals surface area contributed by atoms with Gasteiger partial charge in [0.25, 0.3) is 0 Å². The maximum atomic E-state index is 9.61. The third-order valence-corrected chi connectivity index (χ3v) is 5.79. The van der Waals surface area contributed by atoms with Crippen LogP contribution in [0.1, 0.15) is 18.4 Å². The topological polar surface area (TPSA) is 39.6 Å². The quantitative estimate of drug-likeness (QED) is 0.683. The Morgan fingerprint density at radius 1 is 0.964 bits per heavy atom. The molecule has 0 bridgehead atoms. The first-order chi connectivity index (χ1) is 13.8. The van der Waals surface area contributed by atoms with Crippen LogP contribution < -0.4 is 4.90 Å². The maximum absolute atomic E-state index is 9.61. The zero-order valence-electron chi connectivity index (χ0n) is 16.4. The minimum absolute atomic E-state index is 0.241. The summed E-state index contributed by atoms with van der Waals surface area (Å²) in [4.78, 5) is 9.54. The molecule has 1 unspecified atom stereocenters.